The van der Waals surface area contributed by atoms with E-state index in [1.807, 2.05) is 6.92 Å². The number of nitrogens with one attached hydrogen (secondary N) is 1. The Labute approximate surface area is 137 Å². The van der Waals surface area contributed by atoms with Crippen LogP contribution in [0.5, 0.6) is 0 Å². The Balaban J connectivity index is 2.18. The van der Waals surface area contributed by atoms with Crippen LogP contribution in [0.3, 0.4) is 0 Å². The maximum atomic E-state index is 12.8. The number of aliphatic carboxylic acids is 1. The standard InChI is InChI=1S/C14H19N3O5S/c1-8-15-7-10(23-8)14(5-6-14)13(21)17(2)9(12(20)16-22)3-4-11(18)19/h7,9,22H,3-6H2,1-2H3,(H,16,20)(H,18,19)/t9-/m1/s1. The van der Waals surface area contributed by atoms with Gasteiger partial charge in [-0.3, -0.25) is 19.6 Å². The molecule has 0 aromatic carbocycles. The molecule has 2 amide bonds. The molecule has 0 unspecified atom stereocenters. The first-order chi connectivity index (χ1) is 10.8. The lowest BCUT2D eigenvalue weighted by Gasteiger charge is -2.29. The van der Waals surface area contributed by atoms with Crippen molar-refractivity contribution in [1.82, 2.24) is 15.4 Å². The van der Waals surface area contributed by atoms with E-state index in [-0.39, 0.29) is 18.7 Å². The number of aromatic nitrogens is 1. The van der Waals surface area contributed by atoms with Crippen LogP contribution in [0.1, 0.15) is 35.6 Å². The molecule has 126 valence electrons. The molecule has 3 N–H and O–H groups in total. The van der Waals surface area contributed by atoms with Gasteiger partial charge in [-0.1, -0.05) is 0 Å². The van der Waals surface area contributed by atoms with Crippen molar-refractivity contribution in [2.75, 3.05) is 7.05 Å². The van der Waals surface area contributed by atoms with Gasteiger partial charge in [0.15, 0.2) is 0 Å². The predicted molar refractivity (Wildman–Crippen MR) is 81.1 cm³/mol. The molecule has 1 saturated carbocycles. The highest BCUT2D eigenvalue weighted by molar-refractivity contribution is 7.11. The molecular weight excluding hydrogens is 322 g/mol. The highest BCUT2D eigenvalue weighted by Crippen LogP contribution is 2.51. The van der Waals surface area contributed by atoms with Gasteiger partial charge in [0.2, 0.25) is 5.91 Å². The van der Waals surface area contributed by atoms with Crippen LogP contribution in [0.4, 0.5) is 0 Å². The van der Waals surface area contributed by atoms with E-state index >= 15 is 0 Å². The van der Waals surface area contributed by atoms with Gasteiger partial charge in [0.1, 0.15) is 6.04 Å². The number of carbonyl (C=O) groups excluding carboxylic acids is 2. The van der Waals surface area contributed by atoms with Gasteiger partial charge in [0.25, 0.3) is 5.91 Å². The van der Waals surface area contributed by atoms with E-state index in [2.05, 4.69) is 4.98 Å². The van der Waals surface area contributed by atoms with E-state index in [4.69, 9.17) is 10.3 Å². The number of carbonyl (C=O) groups is 3. The number of thiazole rings is 1. The monoisotopic (exact) mass is 341 g/mol. The molecule has 1 aromatic rings. The van der Waals surface area contributed by atoms with Crippen molar-refractivity contribution in [3.05, 3.63) is 16.1 Å². The Morgan fingerprint density at radius 2 is 2.13 bits per heavy atom. The number of carboxylic acid groups (broad SMARTS) is 1. The van der Waals surface area contributed by atoms with Crippen molar-refractivity contribution in [1.29, 1.82) is 0 Å². The van der Waals surface area contributed by atoms with Crippen molar-refractivity contribution in [2.45, 2.75) is 44.1 Å². The summed E-state index contributed by atoms with van der Waals surface area (Å²) in [5, 5.41) is 18.5. The van der Waals surface area contributed by atoms with Crippen LogP contribution in [0, 0.1) is 6.92 Å². The average Bonchev–Trinajstić information content (AvgIpc) is 3.21. The Hall–Kier alpha value is -2.00. The van der Waals surface area contributed by atoms with Crippen molar-refractivity contribution in [2.24, 2.45) is 0 Å². The molecule has 0 saturated heterocycles. The van der Waals surface area contributed by atoms with E-state index in [0.717, 1.165) is 9.88 Å². The molecule has 0 aliphatic heterocycles. The number of rotatable bonds is 7. The first kappa shape index (κ1) is 17.4. The van der Waals surface area contributed by atoms with Crippen molar-refractivity contribution >= 4 is 29.1 Å². The van der Waals surface area contributed by atoms with Crippen molar-refractivity contribution in [3.8, 4) is 0 Å². The second-order valence-corrected chi connectivity index (χ2v) is 6.90. The fourth-order valence-electron chi connectivity index (χ4n) is 2.59. The van der Waals surface area contributed by atoms with Gasteiger partial charge in [-0.2, -0.15) is 0 Å². The summed E-state index contributed by atoms with van der Waals surface area (Å²) in [5.41, 5.74) is 0.836. The van der Waals surface area contributed by atoms with Crippen LogP contribution in [-0.2, 0) is 19.8 Å². The van der Waals surface area contributed by atoms with Gasteiger partial charge < -0.3 is 10.0 Å². The normalized spacial score (nSPS) is 16.5. The molecule has 1 aliphatic carbocycles. The molecule has 1 aliphatic rings. The summed E-state index contributed by atoms with van der Waals surface area (Å²) in [6, 6.07) is -1.03. The molecule has 2 rings (SSSR count). The van der Waals surface area contributed by atoms with Crippen molar-refractivity contribution in [3.63, 3.8) is 0 Å². The maximum absolute atomic E-state index is 12.8. The fraction of sp³-hybridized carbons (Fsp3) is 0.571. The predicted octanol–water partition coefficient (Wildman–Crippen LogP) is 0.680. The van der Waals surface area contributed by atoms with Crippen LogP contribution in [-0.4, -0.2) is 51.1 Å². The number of aryl methyl sites for hydroxylation is 1. The van der Waals surface area contributed by atoms with Crippen LogP contribution in [0.2, 0.25) is 0 Å². The van der Waals surface area contributed by atoms with E-state index in [1.165, 1.54) is 28.8 Å². The number of carboxylic acids is 1. The number of amides is 2. The molecule has 0 bridgehead atoms. The van der Waals surface area contributed by atoms with E-state index in [0.29, 0.717) is 12.8 Å². The molecule has 8 nitrogen and oxygen atoms in total. The second kappa shape index (κ2) is 6.63. The molecule has 23 heavy (non-hydrogen) atoms. The lowest BCUT2D eigenvalue weighted by Crippen LogP contribution is -2.50. The van der Waals surface area contributed by atoms with Gasteiger partial charge in [-0.25, -0.2) is 10.5 Å². The van der Waals surface area contributed by atoms with Crippen molar-refractivity contribution < 1.29 is 24.7 Å². The number of hydrogen-bond acceptors (Lipinski definition) is 6. The Bertz CT molecular complexity index is 626. The van der Waals surface area contributed by atoms with Crippen LogP contribution >= 0.6 is 11.3 Å². The SMILES string of the molecule is Cc1ncc(C2(C(=O)N(C)[C@H](CCC(=O)O)C(=O)NO)CC2)s1. The molecule has 1 heterocycles. The smallest absolute Gasteiger partial charge is 0.303 e. The molecule has 0 spiro atoms. The highest BCUT2D eigenvalue weighted by atomic mass is 32.1. The molecule has 1 fully saturated rings. The Morgan fingerprint density at radius 3 is 2.57 bits per heavy atom. The Kier molecular flexibility index (Phi) is 5.00. The third-order valence-electron chi connectivity index (χ3n) is 4.08. The third-order valence-corrected chi connectivity index (χ3v) is 5.20. The molecule has 1 aromatic heterocycles. The molecule has 1 atom stereocenters. The third kappa shape index (κ3) is 3.50. The first-order valence-corrected chi connectivity index (χ1v) is 7.99. The minimum Gasteiger partial charge on any atom is -0.481 e. The zero-order valence-corrected chi connectivity index (χ0v) is 13.7. The lowest BCUT2D eigenvalue weighted by molar-refractivity contribution is -0.146. The van der Waals surface area contributed by atoms with Gasteiger partial charge in [-0.15, -0.1) is 11.3 Å². The van der Waals surface area contributed by atoms with Gasteiger partial charge in [0, 0.05) is 24.5 Å². The van der Waals surface area contributed by atoms with E-state index in [9.17, 15) is 14.4 Å². The van der Waals surface area contributed by atoms with Gasteiger partial charge >= 0.3 is 5.97 Å². The lowest BCUT2D eigenvalue weighted by atomic mass is 10.0. The first-order valence-electron chi connectivity index (χ1n) is 7.17. The number of hydrogen-bond donors (Lipinski definition) is 3. The second-order valence-electron chi connectivity index (χ2n) is 5.67. The number of hydroxylamine groups is 1. The Morgan fingerprint density at radius 1 is 1.48 bits per heavy atom. The quantitative estimate of drug-likeness (QED) is 0.495. The van der Waals surface area contributed by atoms with E-state index in [1.54, 1.807) is 6.20 Å². The summed E-state index contributed by atoms with van der Waals surface area (Å²) in [5.74, 6) is -2.11. The molecular formula is C14H19N3O5S. The zero-order valence-electron chi connectivity index (χ0n) is 12.9. The summed E-state index contributed by atoms with van der Waals surface area (Å²) < 4.78 is 0. The summed E-state index contributed by atoms with van der Waals surface area (Å²) in [4.78, 5) is 41.6. The zero-order chi connectivity index (χ0) is 17.2. The summed E-state index contributed by atoms with van der Waals surface area (Å²) in [6.07, 6.45) is 2.68. The van der Waals surface area contributed by atoms with Crippen LogP contribution in [0.15, 0.2) is 6.20 Å². The minimum absolute atomic E-state index is 0.0677. The largest absolute Gasteiger partial charge is 0.481 e. The van der Waals surface area contributed by atoms with Gasteiger partial charge in [-0.05, 0) is 26.2 Å². The van der Waals surface area contributed by atoms with E-state index < -0.39 is 23.3 Å². The summed E-state index contributed by atoms with van der Waals surface area (Å²) >= 11 is 1.44. The summed E-state index contributed by atoms with van der Waals surface area (Å²) in [7, 11) is 1.46. The van der Waals surface area contributed by atoms with Crippen LogP contribution in [0.25, 0.3) is 0 Å². The fourth-order valence-corrected chi connectivity index (χ4v) is 3.60. The van der Waals surface area contributed by atoms with Crippen LogP contribution < -0.4 is 5.48 Å². The molecule has 9 heteroatoms. The highest BCUT2D eigenvalue weighted by Gasteiger charge is 2.55. The average molecular weight is 341 g/mol. The maximum Gasteiger partial charge on any atom is 0.303 e. The summed E-state index contributed by atoms with van der Waals surface area (Å²) in [6.45, 7) is 1.85. The topological polar surface area (TPSA) is 120 Å². The van der Waals surface area contributed by atoms with Gasteiger partial charge in [0.05, 0.1) is 10.4 Å². The number of nitrogens with zero attached hydrogens (tertiary/aromatic N) is 2. The molecule has 0 radical (unpaired) electrons. The number of likely N-dealkylation sites (N-methyl/N-ethyl adjacent to an activating group) is 1. The minimum atomic E-state index is -1.07.